The number of hydrogen-bond donors (Lipinski definition) is 1. The van der Waals surface area contributed by atoms with Crippen molar-refractivity contribution in [1.82, 2.24) is 0 Å². The maximum atomic E-state index is 5.79. The van der Waals surface area contributed by atoms with Crippen LogP contribution in [0.25, 0.3) is 0 Å². The normalized spacial score (nSPS) is 19.2. The molecule has 1 heterocycles. The molecular formula is C14H22N2O2. The summed E-state index contributed by atoms with van der Waals surface area (Å²) in [7, 11) is 1.69. The molecule has 0 radical (unpaired) electrons. The molecule has 0 bridgehead atoms. The fraction of sp³-hybridized carbons (Fsp3) is 0.571. The van der Waals surface area contributed by atoms with Gasteiger partial charge in [0.25, 0.3) is 0 Å². The molecule has 0 spiro atoms. The van der Waals surface area contributed by atoms with Gasteiger partial charge in [0.15, 0.2) is 0 Å². The number of rotatable bonds is 6. The Balaban J connectivity index is 1.83. The van der Waals surface area contributed by atoms with E-state index in [1.807, 2.05) is 12.1 Å². The molecule has 1 aliphatic heterocycles. The van der Waals surface area contributed by atoms with Crippen LogP contribution < -0.4 is 15.4 Å². The predicted octanol–water partition coefficient (Wildman–Crippen LogP) is 1.64. The van der Waals surface area contributed by atoms with Crippen LogP contribution in [0.5, 0.6) is 5.75 Å². The summed E-state index contributed by atoms with van der Waals surface area (Å²) in [5.74, 6) is 0.897. The first kappa shape index (κ1) is 13.2. The minimum absolute atomic E-state index is 0.346. The van der Waals surface area contributed by atoms with E-state index in [0.29, 0.717) is 12.6 Å². The third-order valence-electron chi connectivity index (χ3n) is 3.28. The van der Waals surface area contributed by atoms with Gasteiger partial charge in [-0.05, 0) is 43.7 Å². The minimum atomic E-state index is 0.346. The Morgan fingerprint density at radius 1 is 1.33 bits per heavy atom. The van der Waals surface area contributed by atoms with Gasteiger partial charge in [0.05, 0.1) is 13.2 Å². The monoisotopic (exact) mass is 250 g/mol. The first-order valence-electron chi connectivity index (χ1n) is 6.54. The van der Waals surface area contributed by atoms with E-state index in [-0.39, 0.29) is 0 Å². The summed E-state index contributed by atoms with van der Waals surface area (Å²) in [6.07, 6.45) is 2.38. The van der Waals surface area contributed by atoms with Gasteiger partial charge in [0.2, 0.25) is 0 Å². The van der Waals surface area contributed by atoms with E-state index in [2.05, 4.69) is 17.0 Å². The highest BCUT2D eigenvalue weighted by Crippen LogP contribution is 2.24. The number of ether oxygens (including phenoxy) is 2. The molecule has 0 unspecified atom stereocenters. The first-order chi connectivity index (χ1) is 8.83. The molecule has 100 valence electrons. The summed E-state index contributed by atoms with van der Waals surface area (Å²) in [5.41, 5.74) is 6.69. The highest BCUT2D eigenvalue weighted by molar-refractivity contribution is 5.50. The molecule has 2 rings (SSSR count). The highest BCUT2D eigenvalue weighted by atomic mass is 16.5. The van der Waals surface area contributed by atoms with Crippen molar-refractivity contribution in [3.63, 3.8) is 0 Å². The number of hydrogen-bond acceptors (Lipinski definition) is 4. The van der Waals surface area contributed by atoms with Crippen LogP contribution in [-0.2, 0) is 4.74 Å². The molecule has 4 nitrogen and oxygen atoms in total. The lowest BCUT2D eigenvalue weighted by molar-refractivity contribution is 0.0676. The predicted molar refractivity (Wildman–Crippen MR) is 73.2 cm³/mol. The smallest absolute Gasteiger partial charge is 0.119 e. The van der Waals surface area contributed by atoms with Gasteiger partial charge >= 0.3 is 0 Å². The molecule has 0 aromatic heterocycles. The van der Waals surface area contributed by atoms with E-state index >= 15 is 0 Å². The second-order valence-corrected chi connectivity index (χ2v) is 4.57. The highest BCUT2D eigenvalue weighted by Gasteiger charge is 2.22. The van der Waals surface area contributed by atoms with Crippen LogP contribution in [0.2, 0.25) is 0 Å². The van der Waals surface area contributed by atoms with Crippen LogP contribution in [0, 0.1) is 0 Å². The van der Waals surface area contributed by atoms with Crippen molar-refractivity contribution < 1.29 is 9.47 Å². The van der Waals surface area contributed by atoms with Crippen LogP contribution in [0.3, 0.4) is 0 Å². The lowest BCUT2D eigenvalue weighted by atomic mass is 10.3. The van der Waals surface area contributed by atoms with Crippen LogP contribution in [0.15, 0.2) is 24.3 Å². The minimum Gasteiger partial charge on any atom is -0.497 e. The number of nitrogens with two attached hydrogens (primary N) is 1. The third-order valence-corrected chi connectivity index (χ3v) is 3.28. The molecule has 4 heteroatoms. The molecule has 0 amide bonds. The maximum absolute atomic E-state index is 5.79. The SMILES string of the molecule is COc1ccc(N2CC[C@H](OCCCN)C2)cc1. The molecule has 0 aliphatic carbocycles. The van der Waals surface area contributed by atoms with E-state index in [4.69, 9.17) is 15.2 Å². The number of benzene rings is 1. The summed E-state index contributed by atoms with van der Waals surface area (Å²) in [5, 5.41) is 0. The zero-order chi connectivity index (χ0) is 12.8. The number of anilines is 1. The molecule has 2 N–H and O–H groups in total. The molecule has 1 aromatic rings. The van der Waals surface area contributed by atoms with Crippen LogP contribution in [0.4, 0.5) is 5.69 Å². The van der Waals surface area contributed by atoms with Crippen molar-refractivity contribution in [2.24, 2.45) is 5.73 Å². The maximum Gasteiger partial charge on any atom is 0.119 e. The van der Waals surface area contributed by atoms with E-state index in [9.17, 15) is 0 Å². The number of nitrogens with zero attached hydrogens (tertiary/aromatic N) is 1. The third kappa shape index (κ3) is 3.37. The summed E-state index contributed by atoms with van der Waals surface area (Å²) < 4.78 is 11.0. The zero-order valence-corrected chi connectivity index (χ0v) is 11.0. The second-order valence-electron chi connectivity index (χ2n) is 4.57. The standard InChI is InChI=1S/C14H22N2O2/c1-17-13-5-3-12(4-6-13)16-9-7-14(11-16)18-10-2-8-15/h3-6,14H,2,7-11,15H2,1H3/t14-/m0/s1. The molecule has 1 aromatic carbocycles. The Morgan fingerprint density at radius 2 is 2.11 bits per heavy atom. The Hall–Kier alpha value is -1.26. The molecule has 18 heavy (non-hydrogen) atoms. The van der Waals surface area contributed by atoms with Gasteiger partial charge in [-0.2, -0.15) is 0 Å². The number of methoxy groups -OCH3 is 1. The topological polar surface area (TPSA) is 47.7 Å². The first-order valence-corrected chi connectivity index (χ1v) is 6.54. The molecule has 1 saturated heterocycles. The lowest BCUT2D eigenvalue weighted by Gasteiger charge is -2.19. The quantitative estimate of drug-likeness (QED) is 0.780. The average molecular weight is 250 g/mol. The van der Waals surface area contributed by atoms with Gasteiger partial charge in [0, 0.05) is 25.4 Å². The molecule has 1 fully saturated rings. The molecular weight excluding hydrogens is 228 g/mol. The van der Waals surface area contributed by atoms with Gasteiger partial charge in [-0.15, -0.1) is 0 Å². The van der Waals surface area contributed by atoms with Crippen molar-refractivity contribution in [1.29, 1.82) is 0 Å². The Labute approximate surface area is 109 Å². The largest absolute Gasteiger partial charge is 0.497 e. The lowest BCUT2D eigenvalue weighted by Crippen LogP contribution is -2.23. The van der Waals surface area contributed by atoms with E-state index < -0.39 is 0 Å². The van der Waals surface area contributed by atoms with Crippen LogP contribution >= 0.6 is 0 Å². The van der Waals surface area contributed by atoms with Crippen molar-refractivity contribution in [3.05, 3.63) is 24.3 Å². The van der Waals surface area contributed by atoms with Crippen molar-refractivity contribution in [3.8, 4) is 5.75 Å². The van der Waals surface area contributed by atoms with Gasteiger partial charge in [-0.1, -0.05) is 0 Å². The van der Waals surface area contributed by atoms with Gasteiger partial charge in [-0.3, -0.25) is 0 Å². The molecule has 1 aliphatic rings. The zero-order valence-electron chi connectivity index (χ0n) is 11.0. The Bertz CT molecular complexity index is 353. The van der Waals surface area contributed by atoms with Crippen molar-refractivity contribution >= 4 is 5.69 Å². The van der Waals surface area contributed by atoms with Crippen LogP contribution in [-0.4, -0.2) is 39.5 Å². The average Bonchev–Trinajstić information content (AvgIpc) is 2.88. The van der Waals surface area contributed by atoms with Crippen molar-refractivity contribution in [2.45, 2.75) is 18.9 Å². The van der Waals surface area contributed by atoms with Gasteiger partial charge in [0.1, 0.15) is 5.75 Å². The fourth-order valence-electron chi connectivity index (χ4n) is 2.23. The Morgan fingerprint density at radius 3 is 2.78 bits per heavy atom. The van der Waals surface area contributed by atoms with E-state index in [1.165, 1.54) is 5.69 Å². The summed E-state index contributed by atoms with van der Waals surface area (Å²) >= 11 is 0. The fourth-order valence-corrected chi connectivity index (χ4v) is 2.23. The van der Waals surface area contributed by atoms with E-state index in [1.54, 1.807) is 7.11 Å². The summed E-state index contributed by atoms with van der Waals surface area (Å²) in [6.45, 7) is 3.50. The molecule has 1 atom stereocenters. The summed E-state index contributed by atoms with van der Waals surface area (Å²) in [4.78, 5) is 2.35. The van der Waals surface area contributed by atoms with E-state index in [0.717, 1.165) is 38.3 Å². The second kappa shape index (κ2) is 6.61. The van der Waals surface area contributed by atoms with Crippen LogP contribution in [0.1, 0.15) is 12.8 Å². The van der Waals surface area contributed by atoms with Gasteiger partial charge in [-0.25, -0.2) is 0 Å². The Kier molecular flexibility index (Phi) is 4.84. The summed E-state index contributed by atoms with van der Waals surface area (Å²) in [6, 6.07) is 8.19. The van der Waals surface area contributed by atoms with Gasteiger partial charge < -0.3 is 20.1 Å². The molecule has 0 saturated carbocycles. The van der Waals surface area contributed by atoms with Crippen molar-refractivity contribution in [2.75, 3.05) is 38.3 Å².